The van der Waals surface area contributed by atoms with Crippen LogP contribution in [0.2, 0.25) is 0 Å². The molecule has 2 rings (SSSR count). The Bertz CT molecular complexity index is 549. The number of nitrogens with zero attached hydrogens (tertiary/aromatic N) is 1. The monoisotopic (exact) mass is 331 g/mol. The standard InChI is InChI=1S/C13H21N3O3S2/c1-21(18,19)14-6-9-16-7-4-11(5-8-16)15-13(17)12-3-2-10-20-12/h2-3,10-11,14H,4-9H2,1H3,(H,15,17). The largest absolute Gasteiger partial charge is 0.349 e. The molecule has 1 aliphatic heterocycles. The van der Waals surface area contributed by atoms with Gasteiger partial charge in [0.05, 0.1) is 11.1 Å². The van der Waals surface area contributed by atoms with Crippen molar-refractivity contribution in [3.63, 3.8) is 0 Å². The van der Waals surface area contributed by atoms with Crippen LogP contribution in [0.15, 0.2) is 17.5 Å². The SMILES string of the molecule is CS(=O)(=O)NCCN1CCC(NC(=O)c2cccs2)CC1. The average molecular weight is 331 g/mol. The Morgan fingerprint density at radius 3 is 2.71 bits per heavy atom. The molecule has 0 atom stereocenters. The predicted octanol–water partition coefficient (Wildman–Crippen LogP) is 0.492. The quantitative estimate of drug-likeness (QED) is 0.795. The molecule has 2 heterocycles. The molecule has 1 fully saturated rings. The van der Waals surface area contributed by atoms with Gasteiger partial charge in [0.15, 0.2) is 0 Å². The molecule has 1 saturated heterocycles. The van der Waals surface area contributed by atoms with Crippen LogP contribution in [-0.2, 0) is 10.0 Å². The van der Waals surface area contributed by atoms with Crippen molar-refractivity contribution in [3.8, 4) is 0 Å². The van der Waals surface area contributed by atoms with Crippen molar-refractivity contribution in [2.24, 2.45) is 0 Å². The van der Waals surface area contributed by atoms with Crippen LogP contribution in [0.25, 0.3) is 0 Å². The first-order valence-electron chi connectivity index (χ1n) is 6.95. The second kappa shape index (κ2) is 7.35. The highest BCUT2D eigenvalue weighted by atomic mass is 32.2. The fraction of sp³-hybridized carbons (Fsp3) is 0.615. The molecule has 0 bridgehead atoms. The Hall–Kier alpha value is -0.960. The Morgan fingerprint density at radius 2 is 2.14 bits per heavy atom. The number of rotatable bonds is 6. The average Bonchev–Trinajstić information content (AvgIpc) is 2.93. The number of carbonyl (C=O) groups is 1. The van der Waals surface area contributed by atoms with Gasteiger partial charge in [0.25, 0.3) is 5.91 Å². The van der Waals surface area contributed by atoms with Crippen LogP contribution >= 0.6 is 11.3 Å². The third kappa shape index (κ3) is 5.74. The molecule has 6 nitrogen and oxygen atoms in total. The van der Waals surface area contributed by atoms with E-state index in [4.69, 9.17) is 0 Å². The van der Waals surface area contributed by atoms with Gasteiger partial charge < -0.3 is 10.2 Å². The van der Waals surface area contributed by atoms with E-state index in [1.54, 1.807) is 0 Å². The Kier molecular flexibility index (Phi) is 5.74. The lowest BCUT2D eigenvalue weighted by molar-refractivity contribution is 0.0915. The fourth-order valence-corrected chi connectivity index (χ4v) is 3.44. The molecule has 2 N–H and O–H groups in total. The molecule has 1 aliphatic rings. The lowest BCUT2D eigenvalue weighted by atomic mass is 10.1. The molecule has 0 saturated carbocycles. The fourth-order valence-electron chi connectivity index (χ4n) is 2.35. The number of carbonyl (C=O) groups excluding carboxylic acids is 1. The maximum atomic E-state index is 11.9. The summed E-state index contributed by atoms with van der Waals surface area (Å²) in [7, 11) is -3.11. The lowest BCUT2D eigenvalue weighted by Gasteiger charge is -2.32. The smallest absolute Gasteiger partial charge is 0.261 e. The van der Waals surface area contributed by atoms with Crippen LogP contribution in [0, 0.1) is 0 Å². The number of sulfonamides is 1. The van der Waals surface area contributed by atoms with Crippen molar-refractivity contribution in [2.75, 3.05) is 32.4 Å². The number of piperidine rings is 1. The van der Waals surface area contributed by atoms with E-state index in [9.17, 15) is 13.2 Å². The van der Waals surface area contributed by atoms with Gasteiger partial charge in [-0.3, -0.25) is 4.79 Å². The summed E-state index contributed by atoms with van der Waals surface area (Å²) in [5, 5.41) is 4.95. The first kappa shape index (κ1) is 16.4. The van der Waals surface area contributed by atoms with E-state index in [0.717, 1.165) is 30.8 Å². The molecule has 118 valence electrons. The zero-order valence-corrected chi connectivity index (χ0v) is 13.7. The lowest BCUT2D eigenvalue weighted by Crippen LogP contribution is -2.46. The van der Waals surface area contributed by atoms with E-state index < -0.39 is 10.0 Å². The van der Waals surface area contributed by atoms with E-state index >= 15 is 0 Å². The Labute approximate surface area is 129 Å². The maximum Gasteiger partial charge on any atom is 0.261 e. The highest BCUT2D eigenvalue weighted by Crippen LogP contribution is 2.13. The minimum atomic E-state index is -3.11. The zero-order chi connectivity index (χ0) is 15.3. The number of likely N-dealkylation sites (tertiary alicyclic amines) is 1. The van der Waals surface area contributed by atoms with Gasteiger partial charge >= 0.3 is 0 Å². The van der Waals surface area contributed by atoms with Crippen molar-refractivity contribution in [2.45, 2.75) is 18.9 Å². The van der Waals surface area contributed by atoms with E-state index in [2.05, 4.69) is 14.9 Å². The van der Waals surface area contributed by atoms with E-state index in [-0.39, 0.29) is 11.9 Å². The first-order valence-corrected chi connectivity index (χ1v) is 9.72. The van der Waals surface area contributed by atoms with Crippen molar-refractivity contribution < 1.29 is 13.2 Å². The summed E-state index contributed by atoms with van der Waals surface area (Å²) in [5.74, 6) is 0.00203. The van der Waals surface area contributed by atoms with Crippen LogP contribution in [-0.4, -0.2) is 57.7 Å². The van der Waals surface area contributed by atoms with Gasteiger partial charge in [0, 0.05) is 32.2 Å². The van der Waals surface area contributed by atoms with Gasteiger partial charge in [-0.15, -0.1) is 11.3 Å². The molecule has 0 radical (unpaired) electrons. The number of hydrogen-bond donors (Lipinski definition) is 2. The topological polar surface area (TPSA) is 78.5 Å². The van der Waals surface area contributed by atoms with Crippen molar-refractivity contribution in [1.29, 1.82) is 0 Å². The minimum absolute atomic E-state index is 0.00203. The summed E-state index contributed by atoms with van der Waals surface area (Å²) in [6.45, 7) is 2.89. The van der Waals surface area contributed by atoms with E-state index in [1.165, 1.54) is 17.6 Å². The molecule has 0 aromatic carbocycles. The van der Waals surface area contributed by atoms with Gasteiger partial charge in [-0.2, -0.15) is 0 Å². The van der Waals surface area contributed by atoms with E-state index in [0.29, 0.717) is 13.1 Å². The van der Waals surface area contributed by atoms with Crippen molar-refractivity contribution in [3.05, 3.63) is 22.4 Å². The van der Waals surface area contributed by atoms with Gasteiger partial charge in [-0.05, 0) is 24.3 Å². The highest BCUT2D eigenvalue weighted by Gasteiger charge is 2.21. The third-order valence-corrected chi connectivity index (χ3v) is 5.06. The summed E-state index contributed by atoms with van der Waals surface area (Å²) in [5.41, 5.74) is 0. The summed E-state index contributed by atoms with van der Waals surface area (Å²) < 4.78 is 24.5. The molecule has 1 aromatic heterocycles. The molecule has 8 heteroatoms. The van der Waals surface area contributed by atoms with Crippen LogP contribution in [0.5, 0.6) is 0 Å². The van der Waals surface area contributed by atoms with Crippen molar-refractivity contribution in [1.82, 2.24) is 14.9 Å². The number of nitrogens with one attached hydrogen (secondary N) is 2. The first-order chi connectivity index (χ1) is 9.94. The van der Waals surface area contributed by atoms with Crippen LogP contribution < -0.4 is 10.0 Å². The van der Waals surface area contributed by atoms with Gasteiger partial charge in [-0.1, -0.05) is 6.07 Å². The second-order valence-electron chi connectivity index (χ2n) is 5.23. The Morgan fingerprint density at radius 1 is 1.43 bits per heavy atom. The Balaban J connectivity index is 1.67. The summed E-state index contributed by atoms with van der Waals surface area (Å²) in [4.78, 5) is 14.9. The molecular weight excluding hydrogens is 310 g/mol. The normalized spacial score (nSPS) is 17.8. The number of thiophene rings is 1. The number of amides is 1. The highest BCUT2D eigenvalue weighted by molar-refractivity contribution is 7.88. The zero-order valence-electron chi connectivity index (χ0n) is 12.0. The summed E-state index contributed by atoms with van der Waals surface area (Å²) >= 11 is 1.45. The molecule has 0 aliphatic carbocycles. The predicted molar refractivity (Wildman–Crippen MR) is 84.1 cm³/mol. The maximum absolute atomic E-state index is 11.9. The van der Waals surface area contributed by atoms with Gasteiger partial charge in [0.2, 0.25) is 10.0 Å². The summed E-state index contributed by atoms with van der Waals surface area (Å²) in [6.07, 6.45) is 2.96. The minimum Gasteiger partial charge on any atom is -0.349 e. The van der Waals surface area contributed by atoms with Gasteiger partial charge in [0.1, 0.15) is 0 Å². The summed E-state index contributed by atoms with van der Waals surface area (Å²) in [6, 6.07) is 3.90. The molecule has 1 aromatic rings. The second-order valence-corrected chi connectivity index (χ2v) is 8.01. The third-order valence-electron chi connectivity index (χ3n) is 3.46. The number of hydrogen-bond acceptors (Lipinski definition) is 5. The van der Waals surface area contributed by atoms with Gasteiger partial charge in [-0.25, -0.2) is 13.1 Å². The molecular formula is C13H21N3O3S2. The van der Waals surface area contributed by atoms with Crippen LogP contribution in [0.4, 0.5) is 0 Å². The molecule has 0 unspecified atom stereocenters. The van der Waals surface area contributed by atoms with Crippen LogP contribution in [0.1, 0.15) is 22.5 Å². The van der Waals surface area contributed by atoms with E-state index in [1.807, 2.05) is 17.5 Å². The molecule has 1 amide bonds. The van der Waals surface area contributed by atoms with Crippen molar-refractivity contribution >= 4 is 27.3 Å². The molecule has 0 spiro atoms. The van der Waals surface area contributed by atoms with Crippen LogP contribution in [0.3, 0.4) is 0 Å². The molecule has 21 heavy (non-hydrogen) atoms.